The van der Waals surface area contributed by atoms with Gasteiger partial charge < -0.3 is 10.2 Å². The summed E-state index contributed by atoms with van der Waals surface area (Å²) < 4.78 is 26.4. The Balaban J connectivity index is 1.89. The van der Waals surface area contributed by atoms with Gasteiger partial charge in [-0.25, -0.2) is 12.7 Å². The summed E-state index contributed by atoms with van der Waals surface area (Å²) in [5.41, 5.74) is 0.835. The van der Waals surface area contributed by atoms with Gasteiger partial charge in [0.2, 0.25) is 11.8 Å². The molecule has 1 atom stereocenters. The minimum absolute atomic E-state index is 0.0432. The predicted molar refractivity (Wildman–Crippen MR) is 124 cm³/mol. The van der Waals surface area contributed by atoms with Crippen LogP contribution in [-0.2, 0) is 26.2 Å². The van der Waals surface area contributed by atoms with Gasteiger partial charge in [-0.1, -0.05) is 63.2 Å². The average molecular weight is 472 g/mol. The maximum Gasteiger partial charge on any atom is 0.269 e. The highest BCUT2D eigenvalue weighted by Crippen LogP contribution is 2.30. The fourth-order valence-corrected chi connectivity index (χ4v) is 5.24. The monoisotopic (exact) mass is 471 g/mol. The van der Waals surface area contributed by atoms with Gasteiger partial charge in [-0.3, -0.25) is 14.4 Å². The van der Waals surface area contributed by atoms with Gasteiger partial charge in [-0.15, -0.1) is 0 Å². The Morgan fingerprint density at radius 3 is 2.27 bits per heavy atom. The van der Waals surface area contributed by atoms with Crippen LogP contribution < -0.4 is 5.32 Å². The zero-order valence-corrected chi connectivity index (χ0v) is 19.8. The van der Waals surface area contributed by atoms with Gasteiger partial charge in [0.15, 0.2) is 0 Å². The van der Waals surface area contributed by atoms with Crippen LogP contribution in [0.5, 0.6) is 0 Å². The molecule has 1 N–H and O–H groups in total. The van der Waals surface area contributed by atoms with Gasteiger partial charge >= 0.3 is 0 Å². The Morgan fingerprint density at radius 2 is 1.67 bits per heavy atom. The largest absolute Gasteiger partial charge is 0.354 e. The number of sulfonamides is 1. The molecule has 0 aliphatic carbocycles. The highest BCUT2D eigenvalue weighted by atomic mass is 32.2. The minimum atomic E-state index is -4.14. The maximum atomic E-state index is 13.4. The number of hydrogen-bond donors (Lipinski definition) is 1. The molecule has 1 heterocycles. The van der Waals surface area contributed by atoms with Gasteiger partial charge in [0, 0.05) is 13.1 Å². The van der Waals surface area contributed by atoms with Crippen molar-refractivity contribution in [2.24, 2.45) is 5.92 Å². The molecule has 3 rings (SSSR count). The van der Waals surface area contributed by atoms with Gasteiger partial charge in [0.05, 0.1) is 5.56 Å². The molecule has 0 fully saturated rings. The fourth-order valence-electron chi connectivity index (χ4n) is 3.72. The summed E-state index contributed by atoms with van der Waals surface area (Å²) in [7, 11) is -4.14. The van der Waals surface area contributed by atoms with Crippen LogP contribution >= 0.6 is 0 Å². The number of nitrogens with zero attached hydrogens (tertiary/aromatic N) is 2. The number of amides is 3. The number of benzene rings is 2. The van der Waals surface area contributed by atoms with Crippen molar-refractivity contribution >= 4 is 27.7 Å². The summed E-state index contributed by atoms with van der Waals surface area (Å²) >= 11 is 0. The molecule has 9 heteroatoms. The van der Waals surface area contributed by atoms with E-state index in [1.807, 2.05) is 44.2 Å². The molecule has 0 unspecified atom stereocenters. The number of carbonyl (C=O) groups excluding carboxylic acids is 3. The van der Waals surface area contributed by atoms with E-state index in [-0.39, 0.29) is 28.8 Å². The second-order valence-electron chi connectivity index (χ2n) is 8.38. The predicted octanol–water partition coefficient (Wildman–Crippen LogP) is 2.41. The average Bonchev–Trinajstić information content (AvgIpc) is 2.99. The Morgan fingerprint density at radius 1 is 1.03 bits per heavy atom. The summed E-state index contributed by atoms with van der Waals surface area (Å²) in [5, 5.41) is 2.86. The molecule has 3 amide bonds. The molecule has 0 saturated carbocycles. The first kappa shape index (κ1) is 24.4. The lowest BCUT2D eigenvalue weighted by Gasteiger charge is -2.32. The van der Waals surface area contributed by atoms with Gasteiger partial charge in [-0.2, -0.15) is 0 Å². The maximum absolute atomic E-state index is 13.4. The number of nitrogens with one attached hydrogen (secondary N) is 1. The summed E-state index contributed by atoms with van der Waals surface area (Å²) in [4.78, 5) is 40.4. The van der Waals surface area contributed by atoms with E-state index in [1.54, 1.807) is 13.0 Å². The first-order valence-electron chi connectivity index (χ1n) is 10.9. The highest BCUT2D eigenvalue weighted by molar-refractivity contribution is 7.90. The zero-order chi connectivity index (χ0) is 24.2. The van der Waals surface area contributed by atoms with E-state index in [2.05, 4.69) is 5.32 Å². The topological polar surface area (TPSA) is 104 Å². The molecule has 2 aromatic carbocycles. The Hall–Kier alpha value is -3.20. The van der Waals surface area contributed by atoms with Crippen LogP contribution in [0, 0.1) is 5.92 Å². The van der Waals surface area contributed by atoms with Crippen molar-refractivity contribution in [1.29, 1.82) is 0 Å². The lowest BCUT2D eigenvalue weighted by molar-refractivity contribution is -0.141. The Labute approximate surface area is 194 Å². The van der Waals surface area contributed by atoms with Crippen molar-refractivity contribution in [3.63, 3.8) is 0 Å². The molecule has 8 nitrogen and oxygen atoms in total. The second-order valence-corrected chi connectivity index (χ2v) is 10.2. The molecule has 1 aliphatic heterocycles. The van der Waals surface area contributed by atoms with E-state index in [1.165, 1.54) is 23.1 Å². The SMILES string of the molecule is CC[C@@H](C(=O)NCC(C)C)N(Cc1ccccc1)C(=O)CN1C(=O)c2ccccc2S1(=O)=O. The smallest absolute Gasteiger partial charge is 0.269 e. The lowest BCUT2D eigenvalue weighted by atomic mass is 10.1. The Kier molecular flexibility index (Phi) is 7.53. The summed E-state index contributed by atoms with van der Waals surface area (Å²) in [5.74, 6) is -1.43. The van der Waals surface area contributed by atoms with Gasteiger partial charge in [0.25, 0.3) is 15.9 Å². The van der Waals surface area contributed by atoms with Crippen molar-refractivity contribution in [1.82, 2.24) is 14.5 Å². The summed E-state index contributed by atoms with van der Waals surface area (Å²) in [6, 6.07) is 14.2. The molecule has 1 aliphatic rings. The lowest BCUT2D eigenvalue weighted by Crippen LogP contribution is -2.52. The minimum Gasteiger partial charge on any atom is -0.354 e. The van der Waals surface area contributed by atoms with Crippen LogP contribution in [-0.4, -0.2) is 54.5 Å². The molecule has 2 aromatic rings. The number of rotatable bonds is 9. The van der Waals surface area contributed by atoms with E-state index >= 15 is 0 Å². The van der Waals surface area contributed by atoms with Crippen molar-refractivity contribution in [2.45, 2.75) is 44.7 Å². The van der Waals surface area contributed by atoms with Gasteiger partial charge in [0.1, 0.15) is 17.5 Å². The van der Waals surface area contributed by atoms with Crippen LogP contribution in [0.25, 0.3) is 0 Å². The molecule has 0 spiro atoms. The first-order chi connectivity index (χ1) is 15.7. The standard InChI is InChI=1S/C24H29N3O5S/c1-4-20(23(29)25-14-17(2)3)26(15-18-10-6-5-7-11-18)22(28)16-27-24(30)19-12-8-9-13-21(19)33(27,31)32/h5-13,17,20H,4,14-16H2,1-3H3,(H,25,29)/t20-/m0/s1. The van der Waals surface area contributed by atoms with Crippen LogP contribution in [0.15, 0.2) is 59.5 Å². The van der Waals surface area contributed by atoms with E-state index < -0.39 is 34.4 Å². The van der Waals surface area contributed by atoms with Crippen LogP contribution in [0.4, 0.5) is 0 Å². The van der Waals surface area contributed by atoms with Crippen molar-refractivity contribution in [3.05, 3.63) is 65.7 Å². The number of carbonyl (C=O) groups is 3. The molecule has 0 bridgehead atoms. The van der Waals surface area contributed by atoms with Crippen molar-refractivity contribution in [2.75, 3.05) is 13.1 Å². The normalized spacial score (nSPS) is 15.3. The molecular weight excluding hydrogens is 442 g/mol. The Bertz CT molecular complexity index is 1130. The van der Waals surface area contributed by atoms with E-state index in [4.69, 9.17) is 0 Å². The van der Waals surface area contributed by atoms with Crippen molar-refractivity contribution in [3.8, 4) is 0 Å². The molecule has 0 saturated heterocycles. The molecule has 176 valence electrons. The van der Waals surface area contributed by atoms with Crippen LogP contribution in [0.2, 0.25) is 0 Å². The zero-order valence-electron chi connectivity index (χ0n) is 19.0. The van der Waals surface area contributed by atoms with E-state index in [9.17, 15) is 22.8 Å². The molecular formula is C24H29N3O5S. The highest BCUT2D eigenvalue weighted by Gasteiger charge is 2.43. The third-order valence-electron chi connectivity index (χ3n) is 5.46. The summed E-state index contributed by atoms with van der Waals surface area (Å²) in [6.45, 7) is 5.62. The van der Waals surface area contributed by atoms with Crippen LogP contribution in [0.1, 0.15) is 43.1 Å². The third-order valence-corrected chi connectivity index (χ3v) is 7.24. The summed E-state index contributed by atoms with van der Waals surface area (Å²) in [6.07, 6.45) is 0.337. The van der Waals surface area contributed by atoms with E-state index in [0.717, 1.165) is 5.56 Å². The number of fused-ring (bicyclic) bond motifs is 1. The van der Waals surface area contributed by atoms with Crippen molar-refractivity contribution < 1.29 is 22.8 Å². The van der Waals surface area contributed by atoms with Crippen LogP contribution in [0.3, 0.4) is 0 Å². The second kappa shape index (κ2) is 10.2. The molecule has 0 radical (unpaired) electrons. The van der Waals surface area contributed by atoms with E-state index in [0.29, 0.717) is 17.3 Å². The molecule has 33 heavy (non-hydrogen) atoms. The number of hydrogen-bond acceptors (Lipinski definition) is 5. The van der Waals surface area contributed by atoms with Gasteiger partial charge in [-0.05, 0) is 30.0 Å². The molecule has 0 aromatic heterocycles. The fraction of sp³-hybridized carbons (Fsp3) is 0.375. The first-order valence-corrected chi connectivity index (χ1v) is 12.4. The quantitative estimate of drug-likeness (QED) is 0.605. The third kappa shape index (κ3) is 5.24.